The number of hydrogen-bond acceptors (Lipinski definition) is 5. The van der Waals surface area contributed by atoms with Crippen LogP contribution < -0.4 is 4.74 Å². The summed E-state index contributed by atoms with van der Waals surface area (Å²) in [7, 11) is 0. The fourth-order valence-electron chi connectivity index (χ4n) is 4.16. The number of pyridine rings is 1. The number of carbonyl (C=O) groups excluding carboxylic acids is 1. The van der Waals surface area contributed by atoms with E-state index in [2.05, 4.69) is 4.98 Å². The molecule has 2 saturated heterocycles. The molecule has 27 heavy (non-hydrogen) atoms. The molecule has 0 aliphatic carbocycles. The quantitative estimate of drug-likeness (QED) is 0.804. The molecule has 2 aliphatic rings. The van der Waals surface area contributed by atoms with Gasteiger partial charge in [0.2, 0.25) is 5.88 Å². The van der Waals surface area contributed by atoms with Gasteiger partial charge >= 0.3 is 0 Å². The molecule has 1 spiro atoms. The molecular formula is C20H23FN2O4. The van der Waals surface area contributed by atoms with Crippen LogP contribution in [-0.2, 0) is 4.74 Å². The molecule has 2 fully saturated rings. The van der Waals surface area contributed by atoms with E-state index >= 15 is 0 Å². The van der Waals surface area contributed by atoms with Crippen molar-refractivity contribution in [3.63, 3.8) is 0 Å². The lowest BCUT2D eigenvalue weighted by atomic mass is 9.78. The minimum absolute atomic E-state index is 0.0457. The first kappa shape index (κ1) is 18.0. The minimum atomic E-state index is -0.445. The molecule has 0 bridgehead atoms. The van der Waals surface area contributed by atoms with Crippen LogP contribution in [0.2, 0.25) is 0 Å². The van der Waals surface area contributed by atoms with Crippen molar-refractivity contribution in [2.75, 3.05) is 26.3 Å². The standard InChI is InChI=1S/C20H23FN2O4/c21-16-3-1-9-22-18(16)26-13-5-15-6-14-27-20(15)7-10-23(11-8-20)19(24)17-4-2-12-25-17/h1-4,9,12,15H,5-8,10-11,13-14H2/t15-/m0/s1. The first-order chi connectivity index (χ1) is 13.2. The second-order valence-electron chi connectivity index (χ2n) is 7.10. The van der Waals surface area contributed by atoms with Crippen LogP contribution in [0.15, 0.2) is 41.1 Å². The molecule has 0 radical (unpaired) electrons. The van der Waals surface area contributed by atoms with E-state index < -0.39 is 5.82 Å². The fraction of sp³-hybridized carbons (Fsp3) is 0.500. The average Bonchev–Trinajstić information content (AvgIpc) is 3.35. The number of furan rings is 1. The summed E-state index contributed by atoms with van der Waals surface area (Å²) in [4.78, 5) is 18.2. The highest BCUT2D eigenvalue weighted by Gasteiger charge is 2.46. The van der Waals surface area contributed by atoms with Crippen LogP contribution in [0.3, 0.4) is 0 Å². The molecule has 6 nitrogen and oxygen atoms in total. The second-order valence-corrected chi connectivity index (χ2v) is 7.10. The molecule has 2 aliphatic heterocycles. The van der Waals surface area contributed by atoms with Crippen LogP contribution in [0.1, 0.15) is 36.2 Å². The van der Waals surface area contributed by atoms with Crippen molar-refractivity contribution in [3.8, 4) is 5.88 Å². The van der Waals surface area contributed by atoms with E-state index in [1.165, 1.54) is 18.5 Å². The zero-order chi connectivity index (χ0) is 18.7. The highest BCUT2D eigenvalue weighted by atomic mass is 19.1. The summed E-state index contributed by atoms with van der Waals surface area (Å²) < 4.78 is 30.5. The molecule has 4 rings (SSSR count). The third-order valence-corrected chi connectivity index (χ3v) is 5.66. The van der Waals surface area contributed by atoms with Crippen LogP contribution in [0, 0.1) is 11.7 Å². The number of carbonyl (C=O) groups is 1. The van der Waals surface area contributed by atoms with Gasteiger partial charge in [0.1, 0.15) is 0 Å². The minimum Gasteiger partial charge on any atom is -0.476 e. The molecule has 0 saturated carbocycles. The second kappa shape index (κ2) is 7.68. The van der Waals surface area contributed by atoms with Crippen molar-refractivity contribution in [2.45, 2.75) is 31.3 Å². The predicted molar refractivity (Wildman–Crippen MR) is 94.9 cm³/mol. The van der Waals surface area contributed by atoms with Gasteiger partial charge in [-0.15, -0.1) is 0 Å². The van der Waals surface area contributed by atoms with Gasteiger partial charge in [0.25, 0.3) is 5.91 Å². The van der Waals surface area contributed by atoms with Crippen LogP contribution >= 0.6 is 0 Å². The van der Waals surface area contributed by atoms with Crippen molar-refractivity contribution in [1.29, 1.82) is 0 Å². The van der Waals surface area contributed by atoms with E-state index in [0.717, 1.165) is 32.3 Å². The van der Waals surface area contributed by atoms with Gasteiger partial charge in [0.05, 0.1) is 18.5 Å². The zero-order valence-corrected chi connectivity index (χ0v) is 15.1. The van der Waals surface area contributed by atoms with Crippen LogP contribution in [0.4, 0.5) is 4.39 Å². The van der Waals surface area contributed by atoms with E-state index in [0.29, 0.717) is 31.4 Å². The van der Waals surface area contributed by atoms with Crippen LogP contribution in [-0.4, -0.2) is 47.7 Å². The van der Waals surface area contributed by atoms with E-state index in [-0.39, 0.29) is 17.4 Å². The Morgan fingerprint density at radius 1 is 1.33 bits per heavy atom. The summed E-state index contributed by atoms with van der Waals surface area (Å²) >= 11 is 0. The summed E-state index contributed by atoms with van der Waals surface area (Å²) in [5.74, 6) is 0.244. The molecule has 0 N–H and O–H groups in total. The maximum absolute atomic E-state index is 13.6. The van der Waals surface area contributed by atoms with E-state index in [4.69, 9.17) is 13.9 Å². The number of likely N-dealkylation sites (tertiary alicyclic amines) is 1. The molecule has 144 valence electrons. The van der Waals surface area contributed by atoms with Crippen molar-refractivity contribution >= 4 is 5.91 Å². The van der Waals surface area contributed by atoms with Gasteiger partial charge in [-0.3, -0.25) is 4.79 Å². The van der Waals surface area contributed by atoms with E-state index in [9.17, 15) is 9.18 Å². The third-order valence-electron chi connectivity index (χ3n) is 5.66. The third kappa shape index (κ3) is 3.69. The molecule has 1 atom stereocenters. The van der Waals surface area contributed by atoms with Crippen molar-refractivity contribution in [3.05, 3.63) is 48.3 Å². The number of halogens is 1. The van der Waals surface area contributed by atoms with Gasteiger partial charge in [0.15, 0.2) is 11.6 Å². The SMILES string of the molecule is O=C(c1ccco1)N1CCC2(CC1)OCC[C@@H]2CCOc1ncccc1F. The smallest absolute Gasteiger partial charge is 0.289 e. The predicted octanol–water partition coefficient (Wildman–Crippen LogP) is 3.29. The van der Waals surface area contributed by atoms with E-state index in [1.807, 2.05) is 4.90 Å². The van der Waals surface area contributed by atoms with Gasteiger partial charge in [-0.25, -0.2) is 9.37 Å². The monoisotopic (exact) mass is 374 g/mol. The number of amides is 1. The van der Waals surface area contributed by atoms with Gasteiger partial charge in [-0.1, -0.05) is 0 Å². The van der Waals surface area contributed by atoms with Crippen LogP contribution in [0.5, 0.6) is 5.88 Å². The van der Waals surface area contributed by atoms with Gasteiger partial charge < -0.3 is 18.8 Å². The highest BCUT2D eigenvalue weighted by molar-refractivity contribution is 5.91. The Bertz CT molecular complexity index is 772. The first-order valence-electron chi connectivity index (χ1n) is 9.38. The Hall–Kier alpha value is -2.41. The van der Waals surface area contributed by atoms with E-state index in [1.54, 1.807) is 18.2 Å². The normalized spacial score (nSPS) is 21.5. The molecule has 2 aromatic rings. The lowest BCUT2D eigenvalue weighted by Gasteiger charge is -2.42. The number of nitrogens with zero attached hydrogens (tertiary/aromatic N) is 2. The summed E-state index contributed by atoms with van der Waals surface area (Å²) in [6.07, 6.45) is 6.36. The summed E-state index contributed by atoms with van der Waals surface area (Å²) in [5.41, 5.74) is -0.216. The Morgan fingerprint density at radius 2 is 2.19 bits per heavy atom. The average molecular weight is 374 g/mol. The van der Waals surface area contributed by atoms with Crippen molar-refractivity contribution in [1.82, 2.24) is 9.88 Å². The molecule has 7 heteroatoms. The largest absolute Gasteiger partial charge is 0.476 e. The zero-order valence-electron chi connectivity index (χ0n) is 15.1. The Balaban J connectivity index is 1.32. The summed E-state index contributed by atoms with van der Waals surface area (Å²) in [5, 5.41) is 0. The molecule has 2 aromatic heterocycles. The molecule has 0 aromatic carbocycles. The Labute approximate surface area is 157 Å². The number of piperidine rings is 1. The van der Waals surface area contributed by atoms with Gasteiger partial charge in [0, 0.05) is 25.9 Å². The Morgan fingerprint density at radius 3 is 2.93 bits per heavy atom. The fourth-order valence-corrected chi connectivity index (χ4v) is 4.16. The Kier molecular flexibility index (Phi) is 5.11. The maximum atomic E-state index is 13.6. The lowest BCUT2D eigenvalue weighted by molar-refractivity contribution is -0.0652. The topological polar surface area (TPSA) is 64.8 Å². The summed E-state index contributed by atoms with van der Waals surface area (Å²) in [6, 6.07) is 6.29. The maximum Gasteiger partial charge on any atom is 0.289 e. The summed E-state index contributed by atoms with van der Waals surface area (Å²) in [6.45, 7) is 2.41. The first-order valence-corrected chi connectivity index (χ1v) is 9.38. The molecule has 4 heterocycles. The molecular weight excluding hydrogens is 351 g/mol. The van der Waals surface area contributed by atoms with Crippen LogP contribution in [0.25, 0.3) is 0 Å². The number of aromatic nitrogens is 1. The lowest BCUT2D eigenvalue weighted by Crippen LogP contribution is -2.49. The van der Waals surface area contributed by atoms with Crippen molar-refractivity contribution in [2.24, 2.45) is 5.92 Å². The van der Waals surface area contributed by atoms with Gasteiger partial charge in [-0.2, -0.15) is 0 Å². The van der Waals surface area contributed by atoms with Gasteiger partial charge in [-0.05, 0) is 55.9 Å². The number of hydrogen-bond donors (Lipinski definition) is 0. The van der Waals surface area contributed by atoms with Crippen molar-refractivity contribution < 1.29 is 23.1 Å². The highest BCUT2D eigenvalue weighted by Crippen LogP contribution is 2.42. The number of rotatable bonds is 5. The molecule has 1 amide bonds. The molecule has 0 unspecified atom stereocenters. The number of ether oxygens (including phenoxy) is 2.